The Balaban J connectivity index is 1.23. The van der Waals surface area contributed by atoms with Gasteiger partial charge in [0.25, 0.3) is 5.56 Å². The molecule has 0 atom stereocenters. The molecule has 0 unspecified atom stereocenters. The van der Waals surface area contributed by atoms with Gasteiger partial charge in [0.2, 0.25) is 0 Å². The predicted molar refractivity (Wildman–Crippen MR) is 233 cm³/mol. The molecular weight excluding hydrogens is 667 g/mol. The molecule has 0 aliphatic carbocycles. The van der Waals surface area contributed by atoms with Gasteiger partial charge in [0.1, 0.15) is 0 Å². The maximum atomic E-state index is 15.2. The van der Waals surface area contributed by atoms with E-state index in [1.54, 1.807) is 0 Å². The lowest BCUT2D eigenvalue weighted by Crippen LogP contribution is -2.20. The Kier molecular flexibility index (Phi) is 7.05. The Morgan fingerprint density at radius 1 is 0.273 bits per heavy atom. The van der Waals surface area contributed by atoms with Gasteiger partial charge in [-0.15, -0.1) is 0 Å². The molecule has 0 fully saturated rings. The minimum Gasteiger partial charge on any atom is -0.275 e. The van der Waals surface area contributed by atoms with Crippen molar-refractivity contribution >= 4 is 64.8 Å². The van der Waals surface area contributed by atoms with Crippen molar-refractivity contribution in [2.75, 3.05) is 0 Å². The number of benzene rings is 10. The first-order valence-electron chi connectivity index (χ1n) is 18.8. The number of pyridine rings is 1. The average molecular weight is 700 g/mol. The van der Waals surface area contributed by atoms with Gasteiger partial charge in [0.05, 0.1) is 11.2 Å². The summed E-state index contributed by atoms with van der Waals surface area (Å²) >= 11 is 0. The summed E-state index contributed by atoms with van der Waals surface area (Å²) in [5, 5.41) is 11.8. The lowest BCUT2D eigenvalue weighted by molar-refractivity contribution is 1.08. The molecule has 11 rings (SSSR count). The van der Waals surface area contributed by atoms with E-state index in [9.17, 15) is 0 Å². The maximum Gasteiger partial charge on any atom is 0.263 e. The van der Waals surface area contributed by atoms with Gasteiger partial charge >= 0.3 is 0 Å². The highest BCUT2D eigenvalue weighted by Gasteiger charge is 2.22. The number of fused-ring (bicyclic) bond motifs is 7. The summed E-state index contributed by atoms with van der Waals surface area (Å²) in [6.07, 6.45) is 0. The average Bonchev–Trinajstić information content (AvgIpc) is 3.25. The third-order valence-corrected chi connectivity index (χ3v) is 11.4. The Bertz CT molecular complexity index is 3270. The van der Waals surface area contributed by atoms with E-state index in [0.717, 1.165) is 54.6 Å². The van der Waals surface area contributed by atoms with Gasteiger partial charge in [-0.1, -0.05) is 182 Å². The van der Waals surface area contributed by atoms with Crippen molar-refractivity contribution in [3.63, 3.8) is 0 Å². The van der Waals surface area contributed by atoms with Gasteiger partial charge in [-0.25, -0.2) is 0 Å². The minimum absolute atomic E-state index is 0.0304. The first-order chi connectivity index (χ1) is 27.3. The van der Waals surface area contributed by atoms with Crippen LogP contribution in [-0.2, 0) is 0 Å². The first-order valence-corrected chi connectivity index (χ1v) is 18.8. The number of rotatable bonds is 4. The summed E-state index contributed by atoms with van der Waals surface area (Å²) in [5.41, 5.74) is 8.79. The highest BCUT2D eigenvalue weighted by molar-refractivity contribution is 6.23. The molecule has 0 radical (unpaired) electrons. The molecule has 256 valence electrons. The molecule has 0 N–H and O–H groups in total. The Morgan fingerprint density at radius 2 is 0.636 bits per heavy atom. The Morgan fingerprint density at radius 3 is 1.11 bits per heavy atom. The van der Waals surface area contributed by atoms with E-state index < -0.39 is 0 Å². The fourth-order valence-electron chi connectivity index (χ4n) is 9.07. The van der Waals surface area contributed by atoms with Crippen molar-refractivity contribution < 1.29 is 0 Å². The Hall–Kier alpha value is -7.29. The molecule has 11 aromatic rings. The monoisotopic (exact) mass is 699 g/mol. The van der Waals surface area contributed by atoms with Crippen LogP contribution in [0.25, 0.3) is 104 Å². The van der Waals surface area contributed by atoms with E-state index in [-0.39, 0.29) is 5.56 Å². The van der Waals surface area contributed by atoms with Gasteiger partial charge in [0, 0.05) is 21.5 Å². The van der Waals surface area contributed by atoms with Crippen LogP contribution in [0, 0.1) is 0 Å². The fourth-order valence-corrected chi connectivity index (χ4v) is 9.07. The second-order valence-electron chi connectivity index (χ2n) is 14.3. The fraction of sp³-hybridized carbons (Fsp3) is 0. The molecule has 10 aromatic carbocycles. The van der Waals surface area contributed by atoms with Crippen LogP contribution in [0.1, 0.15) is 0 Å². The zero-order valence-corrected chi connectivity index (χ0v) is 29.9. The molecule has 0 bridgehead atoms. The topological polar surface area (TPSA) is 22.0 Å². The van der Waals surface area contributed by atoms with Crippen LogP contribution in [-0.4, -0.2) is 4.57 Å². The van der Waals surface area contributed by atoms with Gasteiger partial charge in [0.15, 0.2) is 0 Å². The number of hydrogen-bond donors (Lipinski definition) is 0. The second-order valence-corrected chi connectivity index (χ2v) is 14.3. The highest BCUT2D eigenvalue weighted by Crippen LogP contribution is 2.45. The van der Waals surface area contributed by atoms with Crippen LogP contribution < -0.4 is 5.56 Å². The second kappa shape index (κ2) is 12.4. The molecule has 2 heteroatoms. The van der Waals surface area contributed by atoms with Crippen LogP contribution in [0.2, 0.25) is 0 Å². The summed E-state index contributed by atoms with van der Waals surface area (Å²) in [5.74, 6) is 0. The van der Waals surface area contributed by atoms with E-state index >= 15 is 4.79 Å². The molecule has 0 saturated heterocycles. The molecule has 0 aliphatic rings. The van der Waals surface area contributed by atoms with Crippen LogP contribution in [0.5, 0.6) is 0 Å². The molecule has 1 aromatic heterocycles. The number of para-hydroxylation sites is 1. The highest BCUT2D eigenvalue weighted by atomic mass is 16.1. The van der Waals surface area contributed by atoms with E-state index in [1.807, 2.05) is 16.7 Å². The van der Waals surface area contributed by atoms with Gasteiger partial charge in [-0.3, -0.25) is 9.36 Å². The SMILES string of the molecule is O=c1c2ccc(-c3c4ccccc4c(-c4ccccc4)c4ccccc34)cc2c2ccccc2n1-c1c2ccccc2c(-c2ccccc2)c2ccccc12. The van der Waals surface area contributed by atoms with E-state index in [1.165, 1.54) is 43.8 Å². The maximum absolute atomic E-state index is 15.2. The van der Waals surface area contributed by atoms with E-state index in [2.05, 4.69) is 188 Å². The van der Waals surface area contributed by atoms with Crippen LogP contribution >= 0.6 is 0 Å². The predicted octanol–water partition coefficient (Wildman–Crippen LogP) is 13.8. The third kappa shape index (κ3) is 4.72. The quantitative estimate of drug-likeness (QED) is 0.132. The van der Waals surface area contributed by atoms with Crippen LogP contribution in [0.4, 0.5) is 0 Å². The molecule has 1 heterocycles. The summed E-state index contributed by atoms with van der Waals surface area (Å²) in [4.78, 5) is 15.2. The summed E-state index contributed by atoms with van der Waals surface area (Å²) in [6.45, 7) is 0. The van der Waals surface area contributed by atoms with Crippen molar-refractivity contribution in [3.05, 3.63) is 211 Å². The molecule has 0 spiro atoms. The normalized spacial score (nSPS) is 11.7. The first kappa shape index (κ1) is 31.3. The van der Waals surface area contributed by atoms with Crippen molar-refractivity contribution in [2.45, 2.75) is 0 Å². The smallest absolute Gasteiger partial charge is 0.263 e. The van der Waals surface area contributed by atoms with E-state index in [0.29, 0.717) is 5.39 Å². The van der Waals surface area contributed by atoms with Crippen molar-refractivity contribution in [2.24, 2.45) is 0 Å². The molecule has 55 heavy (non-hydrogen) atoms. The number of nitrogens with zero attached hydrogens (tertiary/aromatic N) is 1. The van der Waals surface area contributed by atoms with Crippen molar-refractivity contribution in [1.82, 2.24) is 4.57 Å². The van der Waals surface area contributed by atoms with Gasteiger partial charge in [-0.2, -0.15) is 0 Å². The minimum atomic E-state index is -0.0304. The largest absolute Gasteiger partial charge is 0.275 e. The summed E-state index contributed by atoms with van der Waals surface area (Å²) < 4.78 is 1.97. The standard InChI is InChI=1S/C53H33NO/c55-53-46-32-31-36(51-40-24-9-7-22-38(40)49(34-17-3-1-4-18-34)39-23-8-10-25-41(39)51)33-47(46)37-21-15-16-30-48(37)54(53)52-44-28-13-11-26-42(44)50(35-19-5-2-6-20-35)43-27-12-14-29-45(43)52/h1-33H. The Labute approximate surface area is 317 Å². The van der Waals surface area contributed by atoms with Crippen LogP contribution in [0.15, 0.2) is 205 Å². The number of hydrogen-bond acceptors (Lipinski definition) is 1. The zero-order chi connectivity index (χ0) is 36.5. The van der Waals surface area contributed by atoms with Gasteiger partial charge in [-0.05, 0) is 89.3 Å². The number of aromatic nitrogens is 1. The molecule has 0 saturated carbocycles. The molecule has 0 amide bonds. The van der Waals surface area contributed by atoms with Gasteiger partial charge < -0.3 is 0 Å². The molecule has 0 aliphatic heterocycles. The summed E-state index contributed by atoms with van der Waals surface area (Å²) in [6, 6.07) is 70.6. The summed E-state index contributed by atoms with van der Waals surface area (Å²) in [7, 11) is 0. The lowest BCUT2D eigenvalue weighted by Gasteiger charge is -2.21. The molecular formula is C53H33NO. The van der Waals surface area contributed by atoms with E-state index in [4.69, 9.17) is 0 Å². The van der Waals surface area contributed by atoms with Crippen LogP contribution in [0.3, 0.4) is 0 Å². The van der Waals surface area contributed by atoms with Crippen molar-refractivity contribution in [3.8, 4) is 39.1 Å². The third-order valence-electron chi connectivity index (χ3n) is 11.4. The molecule has 2 nitrogen and oxygen atoms in total. The zero-order valence-electron chi connectivity index (χ0n) is 29.9. The lowest BCUT2D eigenvalue weighted by atomic mass is 9.85. The van der Waals surface area contributed by atoms with Crippen molar-refractivity contribution in [1.29, 1.82) is 0 Å².